The SMILES string of the molecule is CC(C)CCC[C@H]1CN(C(=O)c2c(O)ccc3ccccc23)CCO1. The number of amides is 1. The van der Waals surface area contributed by atoms with Crippen LogP contribution in [0.4, 0.5) is 0 Å². The van der Waals surface area contributed by atoms with E-state index < -0.39 is 0 Å². The Bertz CT molecular complexity index is 741. The lowest BCUT2D eigenvalue weighted by Gasteiger charge is -2.33. The van der Waals surface area contributed by atoms with Gasteiger partial charge in [-0.15, -0.1) is 0 Å². The number of benzene rings is 2. The van der Waals surface area contributed by atoms with Crippen LogP contribution in [0.3, 0.4) is 0 Å². The quantitative estimate of drug-likeness (QED) is 0.886. The number of hydrogen-bond donors (Lipinski definition) is 1. The van der Waals surface area contributed by atoms with E-state index in [1.54, 1.807) is 6.07 Å². The monoisotopic (exact) mass is 341 g/mol. The molecule has 1 aliphatic rings. The number of rotatable bonds is 5. The van der Waals surface area contributed by atoms with Gasteiger partial charge < -0.3 is 14.7 Å². The van der Waals surface area contributed by atoms with Gasteiger partial charge in [-0.1, -0.05) is 57.0 Å². The highest BCUT2D eigenvalue weighted by Gasteiger charge is 2.27. The Kier molecular flexibility index (Phi) is 5.59. The fourth-order valence-electron chi connectivity index (χ4n) is 3.48. The maximum Gasteiger partial charge on any atom is 0.258 e. The molecule has 0 spiro atoms. The lowest BCUT2D eigenvalue weighted by molar-refractivity contribution is -0.0260. The summed E-state index contributed by atoms with van der Waals surface area (Å²) >= 11 is 0. The van der Waals surface area contributed by atoms with Gasteiger partial charge in [0.1, 0.15) is 5.75 Å². The van der Waals surface area contributed by atoms with Crippen molar-refractivity contribution in [3.63, 3.8) is 0 Å². The maximum atomic E-state index is 13.1. The minimum Gasteiger partial charge on any atom is -0.507 e. The second-order valence-corrected chi connectivity index (χ2v) is 7.25. The third-order valence-corrected chi connectivity index (χ3v) is 4.85. The molecule has 0 aliphatic carbocycles. The van der Waals surface area contributed by atoms with Crippen LogP contribution >= 0.6 is 0 Å². The number of nitrogens with zero attached hydrogens (tertiary/aromatic N) is 1. The highest BCUT2D eigenvalue weighted by molar-refractivity contribution is 6.09. The number of hydrogen-bond acceptors (Lipinski definition) is 3. The Hall–Kier alpha value is -2.07. The minimum absolute atomic E-state index is 0.0477. The van der Waals surface area contributed by atoms with Gasteiger partial charge in [-0.3, -0.25) is 4.79 Å². The van der Waals surface area contributed by atoms with E-state index in [2.05, 4.69) is 13.8 Å². The summed E-state index contributed by atoms with van der Waals surface area (Å²) in [4.78, 5) is 14.9. The molecule has 0 saturated carbocycles. The molecule has 25 heavy (non-hydrogen) atoms. The number of carbonyl (C=O) groups excluding carboxylic acids is 1. The third kappa shape index (κ3) is 4.13. The van der Waals surface area contributed by atoms with Crippen molar-refractivity contribution in [2.24, 2.45) is 5.92 Å². The molecule has 2 aromatic carbocycles. The molecular formula is C21H27NO3. The van der Waals surface area contributed by atoms with Crippen molar-refractivity contribution >= 4 is 16.7 Å². The second-order valence-electron chi connectivity index (χ2n) is 7.25. The van der Waals surface area contributed by atoms with Gasteiger partial charge in [0.2, 0.25) is 0 Å². The molecule has 4 heteroatoms. The maximum absolute atomic E-state index is 13.1. The van der Waals surface area contributed by atoms with Crippen LogP contribution in [0.2, 0.25) is 0 Å². The molecule has 1 fully saturated rings. The number of ether oxygens (including phenoxy) is 1. The Labute approximate surface area is 149 Å². The van der Waals surface area contributed by atoms with E-state index in [0.717, 1.165) is 23.6 Å². The number of phenols is 1. The molecule has 2 aromatic rings. The predicted molar refractivity (Wildman–Crippen MR) is 99.9 cm³/mol. The van der Waals surface area contributed by atoms with Gasteiger partial charge >= 0.3 is 0 Å². The third-order valence-electron chi connectivity index (χ3n) is 4.85. The average molecular weight is 341 g/mol. The average Bonchev–Trinajstić information content (AvgIpc) is 2.61. The smallest absolute Gasteiger partial charge is 0.258 e. The second kappa shape index (κ2) is 7.87. The van der Waals surface area contributed by atoms with Crippen LogP contribution in [0.5, 0.6) is 5.75 Å². The van der Waals surface area contributed by atoms with Gasteiger partial charge in [-0.25, -0.2) is 0 Å². The Balaban J connectivity index is 1.76. The van der Waals surface area contributed by atoms with Crippen LogP contribution in [0, 0.1) is 5.92 Å². The molecule has 134 valence electrons. The molecule has 1 amide bonds. The van der Waals surface area contributed by atoms with Crippen molar-refractivity contribution in [2.75, 3.05) is 19.7 Å². The molecule has 0 radical (unpaired) electrons. The van der Waals surface area contributed by atoms with E-state index in [1.807, 2.05) is 35.2 Å². The van der Waals surface area contributed by atoms with Crippen molar-refractivity contribution in [3.8, 4) is 5.75 Å². The molecule has 3 rings (SSSR count). The Morgan fingerprint density at radius 2 is 2.08 bits per heavy atom. The van der Waals surface area contributed by atoms with Crippen LogP contribution in [0.25, 0.3) is 10.8 Å². The van der Waals surface area contributed by atoms with E-state index in [-0.39, 0.29) is 17.8 Å². The van der Waals surface area contributed by atoms with Crippen LogP contribution in [0.1, 0.15) is 43.5 Å². The normalized spacial score (nSPS) is 18.0. The zero-order chi connectivity index (χ0) is 17.8. The molecule has 4 nitrogen and oxygen atoms in total. The van der Waals surface area contributed by atoms with Crippen molar-refractivity contribution in [3.05, 3.63) is 42.0 Å². The molecule has 1 heterocycles. The van der Waals surface area contributed by atoms with Gasteiger partial charge in [-0.05, 0) is 29.2 Å². The number of carbonyl (C=O) groups is 1. The van der Waals surface area contributed by atoms with Gasteiger partial charge in [-0.2, -0.15) is 0 Å². The molecular weight excluding hydrogens is 314 g/mol. The largest absolute Gasteiger partial charge is 0.507 e. The van der Waals surface area contributed by atoms with Crippen LogP contribution in [-0.2, 0) is 4.74 Å². The summed E-state index contributed by atoms with van der Waals surface area (Å²) in [7, 11) is 0. The van der Waals surface area contributed by atoms with Crippen molar-refractivity contribution < 1.29 is 14.6 Å². The molecule has 1 atom stereocenters. The van der Waals surface area contributed by atoms with Crippen molar-refractivity contribution in [1.29, 1.82) is 0 Å². The Morgan fingerprint density at radius 3 is 2.88 bits per heavy atom. The fourth-order valence-corrected chi connectivity index (χ4v) is 3.48. The number of morpholine rings is 1. The summed E-state index contributed by atoms with van der Waals surface area (Å²) in [6.07, 6.45) is 3.36. The number of fused-ring (bicyclic) bond motifs is 1. The van der Waals surface area contributed by atoms with E-state index in [9.17, 15) is 9.90 Å². The van der Waals surface area contributed by atoms with E-state index in [0.29, 0.717) is 31.2 Å². The van der Waals surface area contributed by atoms with Crippen molar-refractivity contribution in [1.82, 2.24) is 4.90 Å². The lowest BCUT2D eigenvalue weighted by atomic mass is 10.0. The van der Waals surface area contributed by atoms with E-state index >= 15 is 0 Å². The van der Waals surface area contributed by atoms with Gasteiger partial charge in [0.25, 0.3) is 5.91 Å². The highest BCUT2D eigenvalue weighted by atomic mass is 16.5. The summed E-state index contributed by atoms with van der Waals surface area (Å²) in [6.45, 7) is 6.17. The molecule has 0 bridgehead atoms. The minimum atomic E-state index is -0.105. The van der Waals surface area contributed by atoms with Crippen LogP contribution < -0.4 is 0 Å². The zero-order valence-electron chi connectivity index (χ0n) is 15.1. The highest BCUT2D eigenvalue weighted by Crippen LogP contribution is 2.29. The standard InChI is InChI=1S/C21H27NO3/c1-15(2)6-5-8-17-14-22(12-13-25-17)21(24)20-18-9-4-3-7-16(18)10-11-19(20)23/h3-4,7,9-11,15,17,23H,5-6,8,12-14H2,1-2H3/t17-/m0/s1. The summed E-state index contributed by atoms with van der Waals surface area (Å²) < 4.78 is 5.84. The van der Waals surface area contributed by atoms with Crippen LogP contribution in [-0.4, -0.2) is 41.7 Å². The predicted octanol–water partition coefficient (Wildman–Crippen LogP) is 4.21. The zero-order valence-corrected chi connectivity index (χ0v) is 15.1. The summed E-state index contributed by atoms with van der Waals surface area (Å²) in [5, 5.41) is 12.1. The molecule has 0 aromatic heterocycles. The van der Waals surface area contributed by atoms with Crippen molar-refractivity contribution in [2.45, 2.75) is 39.2 Å². The number of phenolic OH excluding ortho intramolecular Hbond substituents is 1. The molecule has 0 unspecified atom stereocenters. The molecule has 1 aliphatic heterocycles. The first-order valence-electron chi connectivity index (χ1n) is 9.18. The topological polar surface area (TPSA) is 49.8 Å². The van der Waals surface area contributed by atoms with Gasteiger partial charge in [0.05, 0.1) is 18.3 Å². The summed E-state index contributed by atoms with van der Waals surface area (Å²) in [6, 6.07) is 11.1. The molecule has 1 N–H and O–H groups in total. The molecule has 1 saturated heterocycles. The first kappa shape index (κ1) is 17.7. The van der Waals surface area contributed by atoms with Gasteiger partial charge in [0, 0.05) is 13.1 Å². The number of aromatic hydroxyl groups is 1. The summed E-state index contributed by atoms with van der Waals surface area (Å²) in [5.74, 6) is 0.631. The summed E-state index contributed by atoms with van der Waals surface area (Å²) in [5.41, 5.74) is 0.404. The first-order chi connectivity index (χ1) is 12.1. The Morgan fingerprint density at radius 1 is 1.28 bits per heavy atom. The first-order valence-corrected chi connectivity index (χ1v) is 9.18. The fraction of sp³-hybridized carbons (Fsp3) is 0.476. The van der Waals surface area contributed by atoms with Crippen LogP contribution in [0.15, 0.2) is 36.4 Å². The lowest BCUT2D eigenvalue weighted by Crippen LogP contribution is -2.45. The van der Waals surface area contributed by atoms with E-state index in [1.165, 1.54) is 6.42 Å². The van der Waals surface area contributed by atoms with E-state index in [4.69, 9.17) is 4.74 Å². The van der Waals surface area contributed by atoms with Gasteiger partial charge in [0.15, 0.2) is 0 Å².